The van der Waals surface area contributed by atoms with Crippen molar-refractivity contribution in [2.45, 2.75) is 0 Å². The van der Waals surface area contributed by atoms with Gasteiger partial charge < -0.3 is 5.48 Å². The minimum absolute atomic E-state index is 0. The molecule has 0 saturated heterocycles. The fourth-order valence-electron chi connectivity index (χ4n) is 0. The minimum Gasteiger partial charge on any atom is 0 e. The zero-order chi connectivity index (χ0) is 4.28. The van der Waals surface area contributed by atoms with E-state index in [0.29, 0.717) is 0 Å². The molecule has 0 heterocycles. The molecule has 0 saturated carbocycles. The first-order valence-corrected chi connectivity index (χ1v) is 0.730. The molecule has 0 bridgehead atoms. The Kier molecular flexibility index (Phi) is 45.2. The molecule has 0 unspecified atom stereocenters. The van der Waals surface area contributed by atoms with Crippen LogP contribution in [0, 0.1) is 10.1 Å². The number of rotatable bonds is 1. The summed E-state index contributed by atoms with van der Waals surface area (Å²) in [6, 6.07) is 0. The van der Waals surface area contributed by atoms with Crippen LogP contribution in [0.2, 0.25) is 0 Å². The van der Waals surface area contributed by atoms with Gasteiger partial charge in [0.05, 0.1) is 0 Å². The normalized spacial score (nSPS) is 4.12. The van der Waals surface area contributed by atoms with Gasteiger partial charge in [0.25, 0.3) is 0 Å². The minimum atomic E-state index is -1.32. The van der Waals surface area contributed by atoms with E-state index in [2.05, 4.69) is 4.99 Å². The molecule has 0 aromatic heterocycles. The topological polar surface area (TPSA) is 104 Å². The fourth-order valence-corrected chi connectivity index (χ4v) is 0. The van der Waals surface area contributed by atoms with Crippen molar-refractivity contribution in [1.82, 2.24) is 0 Å². The quantitative estimate of drug-likeness (QED) is 0.185. The third-order valence-corrected chi connectivity index (χ3v) is 0.0667. The Morgan fingerprint density at radius 1 is 1.62 bits per heavy atom. The molecule has 3 N–H and O–H groups in total. The molecule has 0 radical (unpaired) electrons. The molecule has 6 nitrogen and oxygen atoms in total. The zero-order valence-electron chi connectivity index (χ0n) is 4.03. The fraction of sp³-hybridized carbons (Fsp3) is 0. The van der Waals surface area contributed by atoms with Gasteiger partial charge in [-0.15, -0.1) is 15.1 Å². The van der Waals surface area contributed by atoms with Crippen molar-refractivity contribution in [2.75, 3.05) is 0 Å². The van der Waals surface area contributed by atoms with E-state index in [4.69, 9.17) is 15.4 Å². The molecule has 0 atom stereocenters. The van der Waals surface area contributed by atoms with Crippen LogP contribution in [0.4, 0.5) is 0 Å². The van der Waals surface area contributed by atoms with Gasteiger partial charge in [-0.2, -0.15) is 0 Å². The second-order valence-electron chi connectivity index (χ2n) is 0.305. The van der Waals surface area contributed by atoms with E-state index < -0.39 is 5.09 Å². The van der Waals surface area contributed by atoms with E-state index >= 15 is 0 Å². The third-order valence-electron chi connectivity index (χ3n) is 0.0667. The van der Waals surface area contributed by atoms with Crippen LogP contribution in [0.25, 0.3) is 0 Å². The summed E-state index contributed by atoms with van der Waals surface area (Å²) in [7, 11) is 0. The zero-order valence-corrected chi connectivity index (χ0v) is 15.0. The predicted octanol–water partition coefficient (Wildman–Crippen LogP) is -2.34. The van der Waals surface area contributed by atoms with Crippen molar-refractivity contribution < 1.29 is 48.5 Å². The van der Waals surface area contributed by atoms with E-state index in [9.17, 15) is 0 Å². The number of hydrogen-bond acceptors (Lipinski definition) is 4. The average Bonchev–Trinajstić information content (AvgIpc) is 1.38. The summed E-state index contributed by atoms with van der Waals surface area (Å²) >= 11 is 0. The summed E-state index contributed by atoms with van der Waals surface area (Å²) < 4.78 is 0. The van der Waals surface area contributed by atoms with Crippen molar-refractivity contribution in [3.8, 4) is 0 Å². The Morgan fingerprint density at radius 2 is 1.75 bits per heavy atom. The van der Waals surface area contributed by atoms with Crippen molar-refractivity contribution >= 4 is 26.2 Å². The van der Waals surface area contributed by atoms with Crippen LogP contribution in [0.1, 0.15) is 0 Å². The Bertz CT molecular complexity index is 47.7. The molecule has 0 aliphatic heterocycles. The standard InChI is InChI=1S/Bi.Hg.HNO4.H2O.3H/c;;2-1(3)5-4;;;;/h;;4H;1H2;;;. The summed E-state index contributed by atoms with van der Waals surface area (Å²) in [4.78, 5) is 11.2. The maximum atomic E-state index is 8.70. The largest absolute Gasteiger partial charge is 0 e. The first-order chi connectivity index (χ1) is 2.27. The Balaban J connectivity index is -0.0000000267. The molecule has 0 aromatic carbocycles. The summed E-state index contributed by atoms with van der Waals surface area (Å²) in [5, 5.41) is 14.3. The molecule has 8 heteroatoms. The van der Waals surface area contributed by atoms with Gasteiger partial charge in [-0.25, -0.2) is 5.26 Å². The van der Waals surface area contributed by atoms with Crippen LogP contribution in [0.15, 0.2) is 0 Å². The smallest absolute Gasteiger partial charge is 0 e. The van der Waals surface area contributed by atoms with Crippen molar-refractivity contribution in [3.63, 3.8) is 0 Å². The molecule has 0 fully saturated rings. The van der Waals surface area contributed by atoms with Crippen LogP contribution in [0.5, 0.6) is 0 Å². The third kappa shape index (κ3) is 28.3. The molecule has 0 spiro atoms. The van der Waals surface area contributed by atoms with Crippen LogP contribution in [-0.2, 0) is 32.7 Å². The maximum Gasteiger partial charge on any atom is 0 e. The molecule has 0 aromatic rings. The van der Waals surface area contributed by atoms with Gasteiger partial charge in [0.15, 0.2) is 0 Å². The molecule has 0 aliphatic carbocycles. The molecule has 0 amide bonds. The maximum absolute atomic E-state index is 8.70. The summed E-state index contributed by atoms with van der Waals surface area (Å²) in [5.74, 6) is 0. The van der Waals surface area contributed by atoms with Gasteiger partial charge in [-0.05, 0) is 0 Å². The second-order valence-corrected chi connectivity index (χ2v) is 0.305. The van der Waals surface area contributed by atoms with E-state index in [1.165, 1.54) is 0 Å². The van der Waals surface area contributed by atoms with E-state index in [1.54, 1.807) is 0 Å². The first-order valence-electron chi connectivity index (χ1n) is 0.730. The van der Waals surface area contributed by atoms with Crippen molar-refractivity contribution in [3.05, 3.63) is 10.1 Å². The van der Waals surface area contributed by atoms with Crippen molar-refractivity contribution in [2.24, 2.45) is 0 Å². The Morgan fingerprint density at radius 3 is 1.75 bits per heavy atom. The van der Waals surface area contributed by atoms with Crippen LogP contribution in [0.3, 0.4) is 0 Å². The van der Waals surface area contributed by atoms with Gasteiger partial charge in [0.1, 0.15) is 0 Å². The summed E-state index contributed by atoms with van der Waals surface area (Å²) in [5.41, 5.74) is 0. The van der Waals surface area contributed by atoms with Crippen LogP contribution in [-0.4, -0.2) is 42.0 Å². The van der Waals surface area contributed by atoms with Crippen molar-refractivity contribution in [1.29, 1.82) is 0 Å². The summed E-state index contributed by atoms with van der Waals surface area (Å²) in [6.07, 6.45) is 0. The Hall–Kier alpha value is 0.938. The molecular weight excluding hydrogens is 504 g/mol. The number of nitrogens with zero attached hydrogens (tertiary/aromatic N) is 1. The molecule has 0 rings (SSSR count). The second kappa shape index (κ2) is 15.7. The van der Waals surface area contributed by atoms with Gasteiger partial charge in [-0.1, -0.05) is 0 Å². The van der Waals surface area contributed by atoms with Crippen LogP contribution < -0.4 is 0 Å². The van der Waals surface area contributed by atoms with Gasteiger partial charge in [0, 0.05) is 27.7 Å². The van der Waals surface area contributed by atoms with Gasteiger partial charge in [0.2, 0.25) is 0 Å². The van der Waals surface area contributed by atoms with E-state index in [0.717, 1.165) is 0 Å². The average molecular weight is 510 g/mol. The SMILES string of the molecule is O.O=[N+]([O-])OO.[BiH3].[Hg]. The number of hydrogen-bond donors (Lipinski definition) is 1. The molecule has 8 heavy (non-hydrogen) atoms. The van der Waals surface area contributed by atoms with Gasteiger partial charge >= 0.3 is 31.3 Å². The Labute approximate surface area is 84.2 Å². The van der Waals surface area contributed by atoms with E-state index in [-0.39, 0.29) is 59.3 Å². The molecule has 48 valence electrons. The summed E-state index contributed by atoms with van der Waals surface area (Å²) in [6.45, 7) is 0. The van der Waals surface area contributed by atoms with Gasteiger partial charge in [-0.3, -0.25) is 0 Å². The predicted molar refractivity (Wildman–Crippen MR) is 24.3 cm³/mol. The molecular formula is H6BiHgNO5. The molecule has 0 aliphatic rings. The first kappa shape index (κ1) is 23.1. The van der Waals surface area contributed by atoms with Crippen LogP contribution >= 0.6 is 0 Å². The monoisotopic (exact) mass is 511 g/mol. The van der Waals surface area contributed by atoms with E-state index in [1.807, 2.05) is 0 Å².